The predicted molar refractivity (Wildman–Crippen MR) is 143 cm³/mol. The average Bonchev–Trinajstić information content (AvgIpc) is 3.18. The summed E-state index contributed by atoms with van der Waals surface area (Å²) >= 11 is 3.50. The largest absolute Gasteiger partial charge is 0.330 e. The van der Waals surface area contributed by atoms with Crippen molar-refractivity contribution in [3.63, 3.8) is 0 Å². The molecule has 0 spiro atoms. The Balaban J connectivity index is 1.65. The van der Waals surface area contributed by atoms with Crippen molar-refractivity contribution in [2.45, 2.75) is 53.6 Å². The minimum Gasteiger partial charge on any atom is -0.330 e. The van der Waals surface area contributed by atoms with Gasteiger partial charge in [0.05, 0.1) is 23.6 Å². The average molecular weight is 546 g/mol. The molecule has 1 aliphatic rings. The number of aromatic nitrogens is 4. The van der Waals surface area contributed by atoms with Crippen molar-refractivity contribution in [1.82, 2.24) is 24.2 Å². The summed E-state index contributed by atoms with van der Waals surface area (Å²) in [5.74, 6) is 0.357. The van der Waals surface area contributed by atoms with Crippen LogP contribution in [0.2, 0.25) is 0 Å². The molecule has 3 heterocycles. The van der Waals surface area contributed by atoms with Gasteiger partial charge in [-0.25, -0.2) is 14.2 Å². The Labute approximate surface area is 218 Å². The van der Waals surface area contributed by atoms with Gasteiger partial charge < -0.3 is 4.90 Å². The lowest BCUT2D eigenvalue weighted by Crippen LogP contribution is -2.46. The third kappa shape index (κ3) is 4.19. The van der Waals surface area contributed by atoms with Crippen molar-refractivity contribution < 1.29 is 4.79 Å². The molecule has 4 aromatic rings. The lowest BCUT2D eigenvalue weighted by atomic mass is 9.98. The Hall–Kier alpha value is -3.52. The molecule has 0 saturated heterocycles. The first-order valence-corrected chi connectivity index (χ1v) is 12.8. The SMILES string of the molecule is Cc1ccc(-n2c(-n3nc(C)cc3C)nc3c(c2=O)C[C@@H](C)N(C(=O)c2ccc(Br)c(C)c2)C3)cc1. The molecule has 1 aliphatic heterocycles. The van der Waals surface area contributed by atoms with Crippen molar-refractivity contribution in [3.8, 4) is 11.6 Å². The summed E-state index contributed by atoms with van der Waals surface area (Å²) in [6.07, 6.45) is 0.436. The van der Waals surface area contributed by atoms with E-state index in [4.69, 9.17) is 4.98 Å². The molecular weight excluding hydrogens is 518 g/mol. The molecule has 0 bridgehead atoms. The standard InChI is InChI=1S/C28H28BrN5O2/c1-16-6-9-22(10-7-16)33-27(36)23-14-19(4)32(26(35)21-8-11-24(29)17(2)12-21)15-25(23)30-28(33)34-20(5)13-18(3)31-34/h6-13,19H,14-15H2,1-5H3/t19-/m1/s1. The number of halogens is 1. The summed E-state index contributed by atoms with van der Waals surface area (Å²) in [7, 11) is 0. The highest BCUT2D eigenvalue weighted by atomic mass is 79.9. The molecule has 36 heavy (non-hydrogen) atoms. The summed E-state index contributed by atoms with van der Waals surface area (Å²) < 4.78 is 4.31. The van der Waals surface area contributed by atoms with E-state index in [2.05, 4.69) is 21.0 Å². The van der Waals surface area contributed by atoms with Crippen LogP contribution in [0.1, 0.15) is 51.1 Å². The van der Waals surface area contributed by atoms with E-state index in [1.54, 1.807) is 14.1 Å². The molecule has 7 nitrogen and oxygen atoms in total. The van der Waals surface area contributed by atoms with Crippen molar-refractivity contribution in [1.29, 1.82) is 0 Å². The minimum atomic E-state index is -0.144. The van der Waals surface area contributed by atoms with E-state index in [1.807, 2.05) is 83.1 Å². The first kappa shape index (κ1) is 24.2. The monoisotopic (exact) mass is 545 g/mol. The summed E-state index contributed by atoms with van der Waals surface area (Å²) in [6.45, 7) is 10.1. The molecule has 0 fully saturated rings. The highest BCUT2D eigenvalue weighted by Gasteiger charge is 2.32. The molecule has 8 heteroatoms. The van der Waals surface area contributed by atoms with Crippen molar-refractivity contribution >= 4 is 21.8 Å². The van der Waals surface area contributed by atoms with Crippen LogP contribution in [0.15, 0.2) is 57.8 Å². The fourth-order valence-electron chi connectivity index (χ4n) is 4.76. The Morgan fingerprint density at radius 1 is 1.03 bits per heavy atom. The maximum absolute atomic E-state index is 14.0. The quantitative estimate of drug-likeness (QED) is 0.363. The predicted octanol–water partition coefficient (Wildman–Crippen LogP) is 5.00. The molecule has 2 aromatic heterocycles. The molecular formula is C28H28BrN5O2. The van der Waals surface area contributed by atoms with E-state index in [-0.39, 0.29) is 24.1 Å². The summed E-state index contributed by atoms with van der Waals surface area (Å²) in [4.78, 5) is 34.2. The van der Waals surface area contributed by atoms with Gasteiger partial charge in [-0.3, -0.25) is 9.59 Å². The van der Waals surface area contributed by atoms with Crippen molar-refractivity contribution in [3.05, 3.63) is 103 Å². The van der Waals surface area contributed by atoms with Crippen molar-refractivity contribution in [2.75, 3.05) is 0 Å². The third-order valence-corrected chi connectivity index (χ3v) is 7.64. The minimum absolute atomic E-state index is 0.0686. The van der Waals surface area contributed by atoms with Gasteiger partial charge in [0.2, 0.25) is 5.95 Å². The molecule has 1 atom stereocenters. The molecule has 0 aliphatic carbocycles. The van der Waals surface area contributed by atoms with Crippen LogP contribution in [0, 0.1) is 27.7 Å². The first-order chi connectivity index (χ1) is 17.1. The van der Waals surface area contributed by atoms with Gasteiger partial charge >= 0.3 is 0 Å². The highest BCUT2D eigenvalue weighted by Crippen LogP contribution is 2.26. The molecule has 184 valence electrons. The summed E-state index contributed by atoms with van der Waals surface area (Å²) in [6, 6.07) is 15.2. The smallest absolute Gasteiger partial charge is 0.263 e. The molecule has 0 N–H and O–H groups in total. The van der Waals surface area contributed by atoms with Crippen LogP contribution in [0.4, 0.5) is 0 Å². The maximum Gasteiger partial charge on any atom is 0.263 e. The van der Waals surface area contributed by atoms with Gasteiger partial charge in [-0.05, 0) is 83.0 Å². The Kier molecular flexibility index (Phi) is 6.16. The zero-order valence-corrected chi connectivity index (χ0v) is 22.6. The van der Waals surface area contributed by atoms with E-state index in [9.17, 15) is 9.59 Å². The lowest BCUT2D eigenvalue weighted by Gasteiger charge is -2.34. The first-order valence-electron chi connectivity index (χ1n) is 12.0. The zero-order chi connectivity index (χ0) is 25.7. The number of nitrogens with zero attached hydrogens (tertiary/aromatic N) is 5. The highest BCUT2D eigenvalue weighted by molar-refractivity contribution is 9.10. The third-order valence-electron chi connectivity index (χ3n) is 6.75. The van der Waals surface area contributed by atoms with Gasteiger partial charge in [-0.2, -0.15) is 5.10 Å². The second-order valence-corrected chi connectivity index (χ2v) is 10.5. The van der Waals surface area contributed by atoms with Crippen LogP contribution in [0.25, 0.3) is 11.6 Å². The molecule has 2 aromatic carbocycles. The summed E-state index contributed by atoms with van der Waals surface area (Å²) in [5, 5.41) is 4.62. The van der Waals surface area contributed by atoms with Crippen LogP contribution in [-0.4, -0.2) is 36.2 Å². The molecule has 5 rings (SSSR count). The number of hydrogen-bond acceptors (Lipinski definition) is 4. The van der Waals surface area contributed by atoms with Crippen LogP contribution in [0.3, 0.4) is 0 Å². The van der Waals surface area contributed by atoms with Crippen molar-refractivity contribution in [2.24, 2.45) is 0 Å². The molecule has 1 amide bonds. The number of carbonyl (C=O) groups is 1. The number of rotatable bonds is 3. The van der Waals surface area contributed by atoms with E-state index in [1.165, 1.54) is 0 Å². The number of hydrogen-bond donors (Lipinski definition) is 0. The Bertz CT molecular complexity index is 1550. The number of aryl methyl sites for hydroxylation is 4. The zero-order valence-electron chi connectivity index (χ0n) is 21.0. The number of fused-ring (bicyclic) bond motifs is 1. The van der Waals surface area contributed by atoms with Crippen LogP contribution < -0.4 is 5.56 Å². The van der Waals surface area contributed by atoms with Gasteiger partial charge in [0.25, 0.3) is 11.5 Å². The van der Waals surface area contributed by atoms with E-state index >= 15 is 0 Å². The van der Waals surface area contributed by atoms with E-state index in [0.29, 0.717) is 29.2 Å². The van der Waals surface area contributed by atoms with E-state index < -0.39 is 0 Å². The normalized spacial score (nSPS) is 15.2. The second kappa shape index (κ2) is 9.17. The van der Waals surface area contributed by atoms with Crippen LogP contribution in [0.5, 0.6) is 0 Å². The van der Waals surface area contributed by atoms with Gasteiger partial charge in [0, 0.05) is 27.3 Å². The van der Waals surface area contributed by atoms with Gasteiger partial charge in [0.15, 0.2) is 0 Å². The second-order valence-electron chi connectivity index (χ2n) is 9.60. The fourth-order valence-corrected chi connectivity index (χ4v) is 5.01. The topological polar surface area (TPSA) is 73.0 Å². The Morgan fingerprint density at radius 2 is 1.75 bits per heavy atom. The number of carbonyl (C=O) groups excluding carboxylic acids is 1. The number of amides is 1. The molecule has 0 saturated carbocycles. The fraction of sp³-hybridized carbons (Fsp3) is 0.286. The van der Waals surface area contributed by atoms with Crippen LogP contribution in [-0.2, 0) is 13.0 Å². The maximum atomic E-state index is 14.0. The van der Waals surface area contributed by atoms with Gasteiger partial charge in [-0.1, -0.05) is 33.6 Å². The number of benzene rings is 2. The van der Waals surface area contributed by atoms with E-state index in [0.717, 1.165) is 32.7 Å². The van der Waals surface area contributed by atoms with Crippen LogP contribution >= 0.6 is 15.9 Å². The van der Waals surface area contributed by atoms with Gasteiger partial charge in [0.1, 0.15) is 0 Å². The van der Waals surface area contributed by atoms with Gasteiger partial charge in [-0.15, -0.1) is 0 Å². The molecule has 0 radical (unpaired) electrons. The molecule has 0 unspecified atom stereocenters. The summed E-state index contributed by atoms with van der Waals surface area (Å²) in [5.41, 5.74) is 6.32. The lowest BCUT2D eigenvalue weighted by molar-refractivity contribution is 0.0653. The Morgan fingerprint density at radius 3 is 2.39 bits per heavy atom.